The monoisotopic (exact) mass is 461 g/mol. The molecule has 0 saturated heterocycles. The molecule has 1 aliphatic rings. The van der Waals surface area contributed by atoms with Gasteiger partial charge >= 0.3 is 6.01 Å². The number of aromatic nitrogens is 2. The van der Waals surface area contributed by atoms with Crippen LogP contribution in [0.1, 0.15) is 24.0 Å². The molecule has 0 radical (unpaired) electrons. The number of benzene rings is 3. The lowest BCUT2D eigenvalue weighted by Crippen LogP contribution is -2.25. The van der Waals surface area contributed by atoms with E-state index in [9.17, 15) is 13.2 Å². The third-order valence-electron chi connectivity index (χ3n) is 5.44. The van der Waals surface area contributed by atoms with Gasteiger partial charge in [-0.3, -0.25) is 10.1 Å². The van der Waals surface area contributed by atoms with E-state index in [-0.39, 0.29) is 28.5 Å². The van der Waals surface area contributed by atoms with Gasteiger partial charge in [0.05, 0.1) is 16.6 Å². The molecule has 1 aromatic heterocycles. The number of sulfone groups is 1. The maximum absolute atomic E-state index is 13.3. The van der Waals surface area contributed by atoms with Gasteiger partial charge in [0.2, 0.25) is 11.8 Å². The topological polar surface area (TPSA) is 111 Å². The summed E-state index contributed by atoms with van der Waals surface area (Å²) in [6.45, 7) is 1.59. The van der Waals surface area contributed by atoms with Crippen LogP contribution in [0.15, 0.2) is 82.1 Å². The largest absolute Gasteiger partial charge is 0.457 e. The molecule has 1 amide bonds. The molecule has 0 aliphatic carbocycles. The maximum atomic E-state index is 13.3. The number of rotatable bonds is 5. The average Bonchev–Trinajstić information content (AvgIpc) is 3.30. The molecule has 0 atom stereocenters. The third-order valence-corrected chi connectivity index (χ3v) is 7.19. The molecule has 1 N–H and O–H groups in total. The number of amides is 1. The Morgan fingerprint density at radius 1 is 0.909 bits per heavy atom. The Bertz CT molecular complexity index is 1400. The summed E-state index contributed by atoms with van der Waals surface area (Å²) in [5.74, 6) is 0.465. The van der Waals surface area contributed by atoms with Gasteiger partial charge in [0.25, 0.3) is 0 Å². The van der Waals surface area contributed by atoms with Gasteiger partial charge in [-0.05, 0) is 36.4 Å². The number of carbonyl (C=O) groups is 1. The van der Waals surface area contributed by atoms with Crippen molar-refractivity contribution in [2.45, 2.75) is 17.7 Å². The lowest BCUT2D eigenvalue weighted by atomic mass is 9.87. The zero-order valence-corrected chi connectivity index (χ0v) is 18.4. The van der Waals surface area contributed by atoms with Crippen molar-refractivity contribution in [3.05, 3.63) is 83.9 Å². The van der Waals surface area contributed by atoms with E-state index in [4.69, 9.17) is 9.15 Å². The van der Waals surface area contributed by atoms with E-state index in [0.717, 1.165) is 11.1 Å². The molecule has 5 rings (SSSR count). The van der Waals surface area contributed by atoms with Crippen molar-refractivity contribution in [1.29, 1.82) is 0 Å². The summed E-state index contributed by atoms with van der Waals surface area (Å²) < 4.78 is 35.5. The SMILES string of the molecule is CCS(=O)(=O)c1ccc(-c2nnc(NC(=O)C3c4ccccc4Oc4ccccc43)o2)cc1. The van der Waals surface area contributed by atoms with Crippen molar-refractivity contribution < 1.29 is 22.4 Å². The van der Waals surface area contributed by atoms with E-state index in [1.54, 1.807) is 19.1 Å². The molecule has 1 aliphatic heterocycles. The Kier molecular flexibility index (Phi) is 5.18. The molecule has 0 spiro atoms. The van der Waals surface area contributed by atoms with E-state index in [0.29, 0.717) is 17.1 Å². The van der Waals surface area contributed by atoms with Gasteiger partial charge in [-0.25, -0.2) is 8.42 Å². The van der Waals surface area contributed by atoms with Crippen LogP contribution >= 0.6 is 0 Å². The predicted octanol–water partition coefficient (Wildman–Crippen LogP) is 4.41. The fraction of sp³-hybridized carbons (Fsp3) is 0.125. The smallest absolute Gasteiger partial charge is 0.322 e. The zero-order chi connectivity index (χ0) is 23.0. The first kappa shape index (κ1) is 20.9. The minimum Gasteiger partial charge on any atom is -0.457 e. The molecule has 3 aromatic carbocycles. The second-order valence-electron chi connectivity index (χ2n) is 7.44. The first-order valence-electron chi connectivity index (χ1n) is 10.3. The number of carbonyl (C=O) groups excluding carboxylic acids is 1. The van der Waals surface area contributed by atoms with Crippen molar-refractivity contribution in [2.75, 3.05) is 11.1 Å². The highest BCUT2D eigenvalue weighted by atomic mass is 32.2. The van der Waals surface area contributed by atoms with Gasteiger partial charge in [0.1, 0.15) is 11.5 Å². The summed E-state index contributed by atoms with van der Waals surface area (Å²) in [5.41, 5.74) is 2.02. The molecule has 0 unspecified atom stereocenters. The molecule has 0 fully saturated rings. The average molecular weight is 461 g/mol. The maximum Gasteiger partial charge on any atom is 0.322 e. The second kappa shape index (κ2) is 8.18. The Morgan fingerprint density at radius 3 is 2.12 bits per heavy atom. The van der Waals surface area contributed by atoms with Crippen LogP contribution in [0.3, 0.4) is 0 Å². The summed E-state index contributed by atoms with van der Waals surface area (Å²) in [7, 11) is -3.30. The Hall–Kier alpha value is -3.98. The number of fused-ring (bicyclic) bond motifs is 2. The van der Waals surface area contributed by atoms with Crippen LogP contribution in [-0.2, 0) is 14.6 Å². The molecule has 8 nitrogen and oxygen atoms in total. The first-order chi connectivity index (χ1) is 16.0. The minimum atomic E-state index is -3.30. The third kappa shape index (κ3) is 3.87. The van der Waals surface area contributed by atoms with Crippen molar-refractivity contribution in [3.63, 3.8) is 0 Å². The van der Waals surface area contributed by atoms with Crippen LogP contribution in [0.2, 0.25) is 0 Å². The Labute approximate surface area is 190 Å². The van der Waals surface area contributed by atoms with Crippen LogP contribution in [0.4, 0.5) is 6.01 Å². The highest BCUT2D eigenvalue weighted by molar-refractivity contribution is 7.91. The van der Waals surface area contributed by atoms with Crippen LogP contribution < -0.4 is 10.1 Å². The molecule has 33 heavy (non-hydrogen) atoms. The number of hydrogen-bond acceptors (Lipinski definition) is 7. The molecule has 0 saturated carbocycles. The lowest BCUT2D eigenvalue weighted by molar-refractivity contribution is -0.117. The predicted molar refractivity (Wildman–Crippen MR) is 121 cm³/mol. The van der Waals surface area contributed by atoms with E-state index >= 15 is 0 Å². The molecule has 0 bridgehead atoms. The number of ether oxygens (including phenoxy) is 1. The molecule has 166 valence electrons. The molecule has 4 aromatic rings. The van der Waals surface area contributed by atoms with E-state index in [2.05, 4.69) is 15.5 Å². The summed E-state index contributed by atoms with van der Waals surface area (Å²) in [6, 6.07) is 20.8. The van der Waals surface area contributed by atoms with Crippen LogP contribution in [0, 0.1) is 0 Å². The summed E-state index contributed by atoms with van der Waals surface area (Å²) >= 11 is 0. The summed E-state index contributed by atoms with van der Waals surface area (Å²) in [4.78, 5) is 13.5. The number of nitrogens with one attached hydrogen (secondary N) is 1. The highest BCUT2D eigenvalue weighted by Gasteiger charge is 2.33. The van der Waals surface area contributed by atoms with Crippen LogP contribution in [-0.4, -0.2) is 30.3 Å². The van der Waals surface area contributed by atoms with Gasteiger partial charge < -0.3 is 9.15 Å². The standard InChI is InChI=1S/C24H19N3O5S/c1-2-33(29,30)16-13-11-15(12-14-16)23-26-27-24(32-23)25-22(28)21-17-7-3-5-9-19(17)31-20-10-6-4-8-18(20)21/h3-14,21H,2H2,1H3,(H,25,27,28). The minimum absolute atomic E-state index is 0.0154. The lowest BCUT2D eigenvalue weighted by Gasteiger charge is -2.26. The summed E-state index contributed by atoms with van der Waals surface area (Å²) in [5, 5.41) is 10.6. The van der Waals surface area contributed by atoms with Gasteiger partial charge in [-0.15, -0.1) is 5.10 Å². The van der Waals surface area contributed by atoms with Crippen molar-refractivity contribution >= 4 is 21.8 Å². The number of para-hydroxylation sites is 2. The first-order valence-corrected chi connectivity index (χ1v) is 11.9. The Morgan fingerprint density at radius 2 is 1.52 bits per heavy atom. The van der Waals surface area contributed by atoms with Gasteiger partial charge in [-0.1, -0.05) is 48.4 Å². The van der Waals surface area contributed by atoms with E-state index in [1.165, 1.54) is 12.1 Å². The van der Waals surface area contributed by atoms with Crippen molar-refractivity contribution in [3.8, 4) is 23.0 Å². The normalized spacial score (nSPS) is 13.0. The molecule has 9 heteroatoms. The molecular formula is C24H19N3O5S. The second-order valence-corrected chi connectivity index (χ2v) is 9.72. The summed E-state index contributed by atoms with van der Waals surface area (Å²) in [6.07, 6.45) is 0. The molecular weight excluding hydrogens is 442 g/mol. The van der Waals surface area contributed by atoms with Crippen LogP contribution in [0.25, 0.3) is 11.5 Å². The number of hydrogen-bond donors (Lipinski definition) is 1. The Balaban J connectivity index is 1.40. The van der Waals surface area contributed by atoms with Crippen molar-refractivity contribution in [2.24, 2.45) is 0 Å². The molecule has 2 heterocycles. The number of nitrogens with zero attached hydrogens (tertiary/aromatic N) is 2. The zero-order valence-electron chi connectivity index (χ0n) is 17.6. The van der Waals surface area contributed by atoms with Crippen LogP contribution in [0.5, 0.6) is 11.5 Å². The fourth-order valence-electron chi connectivity index (χ4n) is 3.73. The van der Waals surface area contributed by atoms with Gasteiger partial charge in [-0.2, -0.15) is 0 Å². The number of anilines is 1. The van der Waals surface area contributed by atoms with Gasteiger partial charge in [0, 0.05) is 16.7 Å². The highest BCUT2D eigenvalue weighted by Crippen LogP contribution is 2.44. The fourth-order valence-corrected chi connectivity index (χ4v) is 4.62. The van der Waals surface area contributed by atoms with E-state index < -0.39 is 15.8 Å². The van der Waals surface area contributed by atoms with E-state index in [1.807, 2.05) is 48.5 Å². The van der Waals surface area contributed by atoms with Gasteiger partial charge in [0.15, 0.2) is 9.84 Å². The quantitative estimate of drug-likeness (QED) is 0.469. The van der Waals surface area contributed by atoms with Crippen molar-refractivity contribution in [1.82, 2.24) is 10.2 Å².